The first-order valence-corrected chi connectivity index (χ1v) is 16.4. The molecule has 0 bridgehead atoms. The summed E-state index contributed by atoms with van der Waals surface area (Å²) in [6, 6.07) is 0. The van der Waals surface area contributed by atoms with Crippen LogP contribution in [0.1, 0.15) is 187 Å². The van der Waals surface area contributed by atoms with Crippen molar-refractivity contribution in [1.29, 1.82) is 0 Å². The minimum absolute atomic E-state index is 0.00605. The molecule has 0 rings (SSSR count). The van der Waals surface area contributed by atoms with E-state index in [-0.39, 0.29) is 11.9 Å². The Labute approximate surface area is 231 Å². The molecule has 0 aliphatic carbocycles. The molecule has 0 saturated carbocycles. The second-order valence-corrected chi connectivity index (χ2v) is 11.1. The molecular weight excluding hydrogens is 460 g/mol. The molecule has 0 aromatic carbocycles. The van der Waals surface area contributed by atoms with Crippen molar-refractivity contribution < 1.29 is 19.1 Å². The highest BCUT2D eigenvalue weighted by atomic mass is 16.5. The van der Waals surface area contributed by atoms with Gasteiger partial charge in [-0.05, 0) is 19.3 Å². The van der Waals surface area contributed by atoms with Gasteiger partial charge < -0.3 is 9.47 Å². The summed E-state index contributed by atoms with van der Waals surface area (Å²) in [6.07, 6.45) is 34.6. The molecule has 0 saturated heterocycles. The SMILES string of the molecule is CCCCCCCCCCCCCCCC(=O)OCCCCCCCCCCCCCCCC(=O)OC. The lowest BCUT2D eigenvalue weighted by Gasteiger charge is -2.06. The number of hydrogen-bond acceptors (Lipinski definition) is 4. The first kappa shape index (κ1) is 35.9. The minimum Gasteiger partial charge on any atom is -0.469 e. The lowest BCUT2D eigenvalue weighted by Crippen LogP contribution is -2.05. The van der Waals surface area contributed by atoms with Crippen molar-refractivity contribution >= 4 is 11.9 Å². The van der Waals surface area contributed by atoms with E-state index in [0.29, 0.717) is 19.4 Å². The Hall–Kier alpha value is -1.06. The quantitative estimate of drug-likeness (QED) is 0.0692. The van der Waals surface area contributed by atoms with Gasteiger partial charge in [0.25, 0.3) is 0 Å². The Bertz CT molecular complexity index is 477. The second kappa shape index (κ2) is 31.2. The highest BCUT2D eigenvalue weighted by Gasteiger charge is 2.03. The van der Waals surface area contributed by atoms with Crippen molar-refractivity contribution in [3.05, 3.63) is 0 Å². The number of methoxy groups -OCH3 is 1. The normalized spacial score (nSPS) is 11.1. The Morgan fingerprint density at radius 2 is 0.703 bits per heavy atom. The molecule has 4 heteroatoms. The van der Waals surface area contributed by atoms with Gasteiger partial charge in [0.1, 0.15) is 0 Å². The summed E-state index contributed by atoms with van der Waals surface area (Å²) in [5.41, 5.74) is 0. The summed E-state index contributed by atoms with van der Waals surface area (Å²) < 4.78 is 10.1. The van der Waals surface area contributed by atoms with Crippen LogP contribution in [-0.2, 0) is 19.1 Å². The maximum absolute atomic E-state index is 11.9. The Kier molecular flexibility index (Phi) is 30.3. The van der Waals surface area contributed by atoms with Gasteiger partial charge in [-0.3, -0.25) is 9.59 Å². The fourth-order valence-corrected chi connectivity index (χ4v) is 4.96. The van der Waals surface area contributed by atoms with Gasteiger partial charge >= 0.3 is 11.9 Å². The van der Waals surface area contributed by atoms with Gasteiger partial charge in [-0.2, -0.15) is 0 Å². The van der Waals surface area contributed by atoms with Crippen LogP contribution in [0.4, 0.5) is 0 Å². The predicted molar refractivity (Wildman–Crippen MR) is 158 cm³/mol. The molecule has 0 spiro atoms. The molecular formula is C33H64O4. The average molecular weight is 525 g/mol. The Morgan fingerprint density at radius 3 is 1.05 bits per heavy atom. The lowest BCUT2D eigenvalue weighted by atomic mass is 10.0. The van der Waals surface area contributed by atoms with E-state index < -0.39 is 0 Å². The molecule has 0 aromatic rings. The first-order chi connectivity index (χ1) is 18.2. The van der Waals surface area contributed by atoms with Crippen LogP contribution in [-0.4, -0.2) is 25.7 Å². The number of rotatable bonds is 30. The Morgan fingerprint density at radius 1 is 0.405 bits per heavy atom. The summed E-state index contributed by atoms with van der Waals surface area (Å²) in [5, 5.41) is 0. The average Bonchev–Trinajstić information content (AvgIpc) is 2.90. The highest BCUT2D eigenvalue weighted by molar-refractivity contribution is 5.69. The summed E-state index contributed by atoms with van der Waals surface area (Å²) in [5.74, 6) is -0.0761. The third-order valence-electron chi connectivity index (χ3n) is 7.50. The zero-order chi connectivity index (χ0) is 27.1. The number of ether oxygens (including phenoxy) is 2. The summed E-state index contributed by atoms with van der Waals surface area (Å²) >= 11 is 0. The van der Waals surface area contributed by atoms with Gasteiger partial charge in [-0.25, -0.2) is 0 Å². The summed E-state index contributed by atoms with van der Waals surface area (Å²) in [6.45, 7) is 2.88. The van der Waals surface area contributed by atoms with E-state index in [4.69, 9.17) is 4.74 Å². The third-order valence-corrected chi connectivity index (χ3v) is 7.50. The van der Waals surface area contributed by atoms with Crippen molar-refractivity contribution in [3.63, 3.8) is 0 Å². The van der Waals surface area contributed by atoms with Crippen LogP contribution in [0.3, 0.4) is 0 Å². The van der Waals surface area contributed by atoms with Crippen LogP contribution in [0.25, 0.3) is 0 Å². The number of hydrogen-bond donors (Lipinski definition) is 0. The topological polar surface area (TPSA) is 52.6 Å². The fourth-order valence-electron chi connectivity index (χ4n) is 4.96. The maximum atomic E-state index is 11.9. The molecule has 0 aliphatic rings. The molecule has 0 heterocycles. The molecule has 0 atom stereocenters. The number of carbonyl (C=O) groups excluding carboxylic acids is 2. The van der Waals surface area contributed by atoms with Crippen LogP contribution < -0.4 is 0 Å². The van der Waals surface area contributed by atoms with Gasteiger partial charge in [0.05, 0.1) is 13.7 Å². The van der Waals surface area contributed by atoms with E-state index in [1.54, 1.807) is 0 Å². The summed E-state index contributed by atoms with van der Waals surface area (Å²) in [7, 11) is 1.46. The zero-order valence-corrected chi connectivity index (χ0v) is 25.1. The molecule has 0 radical (unpaired) electrons. The molecule has 0 amide bonds. The highest BCUT2D eigenvalue weighted by Crippen LogP contribution is 2.14. The van der Waals surface area contributed by atoms with E-state index in [2.05, 4.69) is 11.7 Å². The lowest BCUT2D eigenvalue weighted by molar-refractivity contribution is -0.144. The van der Waals surface area contributed by atoms with Gasteiger partial charge in [0.2, 0.25) is 0 Å². The third kappa shape index (κ3) is 31.1. The van der Waals surface area contributed by atoms with Crippen LogP contribution >= 0.6 is 0 Å². The molecule has 0 N–H and O–H groups in total. The molecule has 220 valence electrons. The van der Waals surface area contributed by atoms with Gasteiger partial charge in [0, 0.05) is 12.8 Å². The molecule has 37 heavy (non-hydrogen) atoms. The van der Waals surface area contributed by atoms with Crippen molar-refractivity contribution in [2.75, 3.05) is 13.7 Å². The van der Waals surface area contributed by atoms with Gasteiger partial charge in [0.15, 0.2) is 0 Å². The van der Waals surface area contributed by atoms with Crippen molar-refractivity contribution in [2.24, 2.45) is 0 Å². The van der Waals surface area contributed by atoms with E-state index >= 15 is 0 Å². The van der Waals surface area contributed by atoms with Crippen LogP contribution in [0.2, 0.25) is 0 Å². The second-order valence-electron chi connectivity index (χ2n) is 11.1. The number of unbranched alkanes of at least 4 members (excludes halogenated alkanes) is 24. The van der Waals surface area contributed by atoms with Crippen molar-refractivity contribution in [1.82, 2.24) is 0 Å². The van der Waals surface area contributed by atoms with E-state index in [9.17, 15) is 9.59 Å². The number of esters is 2. The zero-order valence-electron chi connectivity index (χ0n) is 25.1. The van der Waals surface area contributed by atoms with Crippen molar-refractivity contribution in [2.45, 2.75) is 187 Å². The molecule has 0 aromatic heterocycles. The van der Waals surface area contributed by atoms with E-state index in [1.165, 1.54) is 148 Å². The van der Waals surface area contributed by atoms with Gasteiger partial charge in [-0.15, -0.1) is 0 Å². The fraction of sp³-hybridized carbons (Fsp3) is 0.939. The van der Waals surface area contributed by atoms with E-state index in [0.717, 1.165) is 25.7 Å². The minimum atomic E-state index is -0.0822. The smallest absolute Gasteiger partial charge is 0.305 e. The predicted octanol–water partition coefficient (Wildman–Crippen LogP) is 10.6. The monoisotopic (exact) mass is 524 g/mol. The Balaban J connectivity index is 3.16. The van der Waals surface area contributed by atoms with Crippen LogP contribution in [0, 0.1) is 0 Å². The molecule has 4 nitrogen and oxygen atoms in total. The molecule has 0 aliphatic heterocycles. The van der Waals surface area contributed by atoms with Crippen LogP contribution in [0.15, 0.2) is 0 Å². The number of carbonyl (C=O) groups is 2. The summed E-state index contributed by atoms with van der Waals surface area (Å²) in [4.78, 5) is 22.9. The van der Waals surface area contributed by atoms with Crippen LogP contribution in [0.5, 0.6) is 0 Å². The maximum Gasteiger partial charge on any atom is 0.305 e. The molecule has 0 fully saturated rings. The standard InChI is InChI=1S/C33H64O4/c1-3-4-5-6-7-8-9-11-15-18-21-24-27-30-33(35)37-31-28-25-22-19-16-13-10-12-14-17-20-23-26-29-32(34)36-2/h3-31H2,1-2H3. The first-order valence-electron chi connectivity index (χ1n) is 16.4. The van der Waals surface area contributed by atoms with Gasteiger partial charge in [-0.1, -0.05) is 155 Å². The van der Waals surface area contributed by atoms with E-state index in [1.807, 2.05) is 0 Å². The van der Waals surface area contributed by atoms with Crippen molar-refractivity contribution in [3.8, 4) is 0 Å². The molecule has 0 unspecified atom stereocenters. The largest absolute Gasteiger partial charge is 0.469 e.